The normalized spacial score (nSPS) is 12.7. The summed E-state index contributed by atoms with van der Waals surface area (Å²) in [6.45, 7) is 6.51. The summed E-state index contributed by atoms with van der Waals surface area (Å²) < 4.78 is 13.1. The molecule has 0 spiro atoms. The van der Waals surface area contributed by atoms with E-state index in [1.807, 2.05) is 13.0 Å². The summed E-state index contributed by atoms with van der Waals surface area (Å²) in [7, 11) is 0. The molecule has 0 fully saturated rings. The molecule has 2 N–H and O–H groups in total. The number of hydrogen-bond donors (Lipinski definition) is 1. The second kappa shape index (κ2) is 6.67. The predicted molar refractivity (Wildman–Crippen MR) is 73.3 cm³/mol. The number of halogens is 1. The third kappa shape index (κ3) is 4.79. The first-order valence-electron chi connectivity index (χ1n) is 5.79. The summed E-state index contributed by atoms with van der Waals surface area (Å²) >= 11 is 4.96. The van der Waals surface area contributed by atoms with Crippen LogP contribution in [0.2, 0.25) is 0 Å². The molecule has 1 rings (SSSR count). The smallest absolute Gasteiger partial charge is 0.123 e. The van der Waals surface area contributed by atoms with Gasteiger partial charge in [-0.1, -0.05) is 38.2 Å². The fourth-order valence-corrected chi connectivity index (χ4v) is 1.75. The third-order valence-corrected chi connectivity index (χ3v) is 3.16. The Hall–Kier alpha value is -1.00. The number of nitrogens with two attached hydrogens (primary N) is 1. The topological polar surface area (TPSA) is 29.3 Å². The fraction of sp³-hybridized carbons (Fsp3) is 0.462. The van der Waals surface area contributed by atoms with Crippen molar-refractivity contribution >= 4 is 17.2 Å². The van der Waals surface area contributed by atoms with Crippen LogP contribution >= 0.6 is 12.2 Å². The van der Waals surface area contributed by atoms with Crippen LogP contribution in [0.25, 0.3) is 0 Å². The SMILES string of the molecule is CCN(Cc1cccc(F)c1)CC(C)C(N)=S. The van der Waals surface area contributed by atoms with Crippen molar-refractivity contribution < 1.29 is 4.39 Å². The Morgan fingerprint density at radius 1 is 1.53 bits per heavy atom. The van der Waals surface area contributed by atoms with E-state index in [1.54, 1.807) is 12.1 Å². The molecule has 4 heteroatoms. The van der Waals surface area contributed by atoms with Gasteiger partial charge in [0.05, 0.1) is 4.99 Å². The highest BCUT2D eigenvalue weighted by molar-refractivity contribution is 7.80. The van der Waals surface area contributed by atoms with Gasteiger partial charge < -0.3 is 5.73 Å². The highest BCUT2D eigenvalue weighted by Gasteiger charge is 2.11. The van der Waals surface area contributed by atoms with E-state index in [1.165, 1.54) is 6.07 Å². The van der Waals surface area contributed by atoms with Crippen LogP contribution in [0.15, 0.2) is 24.3 Å². The minimum Gasteiger partial charge on any atom is -0.393 e. The van der Waals surface area contributed by atoms with Crippen molar-refractivity contribution in [1.82, 2.24) is 4.90 Å². The monoisotopic (exact) mass is 254 g/mol. The standard InChI is InChI=1S/C13H19FN2S/c1-3-16(8-10(2)13(15)17)9-11-5-4-6-12(14)7-11/h4-7,10H,3,8-9H2,1-2H3,(H2,15,17). The largest absolute Gasteiger partial charge is 0.393 e. The lowest BCUT2D eigenvalue weighted by Gasteiger charge is -2.23. The van der Waals surface area contributed by atoms with E-state index in [0.29, 0.717) is 4.99 Å². The van der Waals surface area contributed by atoms with Crippen molar-refractivity contribution in [2.45, 2.75) is 20.4 Å². The van der Waals surface area contributed by atoms with Gasteiger partial charge >= 0.3 is 0 Å². The zero-order valence-electron chi connectivity index (χ0n) is 10.3. The van der Waals surface area contributed by atoms with E-state index < -0.39 is 0 Å². The first kappa shape index (κ1) is 14.1. The van der Waals surface area contributed by atoms with E-state index in [4.69, 9.17) is 18.0 Å². The molecule has 17 heavy (non-hydrogen) atoms. The maximum atomic E-state index is 13.1. The van der Waals surface area contributed by atoms with Gasteiger partial charge in [0.25, 0.3) is 0 Å². The van der Waals surface area contributed by atoms with Crippen molar-refractivity contribution in [3.05, 3.63) is 35.6 Å². The number of nitrogens with zero attached hydrogens (tertiary/aromatic N) is 1. The Labute approximate surface area is 108 Å². The molecule has 0 saturated heterocycles. The highest BCUT2D eigenvalue weighted by atomic mass is 32.1. The summed E-state index contributed by atoms with van der Waals surface area (Å²) in [5.74, 6) is -0.0144. The molecular weight excluding hydrogens is 235 g/mol. The zero-order valence-corrected chi connectivity index (χ0v) is 11.1. The lowest BCUT2D eigenvalue weighted by molar-refractivity contribution is 0.264. The second-order valence-electron chi connectivity index (χ2n) is 4.26. The summed E-state index contributed by atoms with van der Waals surface area (Å²) in [6, 6.07) is 6.68. The third-order valence-electron chi connectivity index (χ3n) is 2.76. The van der Waals surface area contributed by atoms with Crippen LogP contribution < -0.4 is 5.73 Å². The quantitative estimate of drug-likeness (QED) is 0.791. The maximum Gasteiger partial charge on any atom is 0.123 e. The van der Waals surface area contributed by atoms with E-state index in [9.17, 15) is 4.39 Å². The van der Waals surface area contributed by atoms with Crippen LogP contribution in [0.4, 0.5) is 4.39 Å². The van der Waals surface area contributed by atoms with Crippen molar-refractivity contribution in [2.24, 2.45) is 11.7 Å². The van der Waals surface area contributed by atoms with Crippen LogP contribution in [0.3, 0.4) is 0 Å². The summed E-state index contributed by atoms with van der Waals surface area (Å²) in [4.78, 5) is 2.74. The Morgan fingerprint density at radius 2 is 2.24 bits per heavy atom. The highest BCUT2D eigenvalue weighted by Crippen LogP contribution is 2.09. The van der Waals surface area contributed by atoms with Crippen molar-refractivity contribution in [3.63, 3.8) is 0 Å². The van der Waals surface area contributed by atoms with E-state index in [-0.39, 0.29) is 11.7 Å². The van der Waals surface area contributed by atoms with Gasteiger partial charge in [0.2, 0.25) is 0 Å². The van der Waals surface area contributed by atoms with Gasteiger partial charge in [0.15, 0.2) is 0 Å². The van der Waals surface area contributed by atoms with Gasteiger partial charge in [-0.15, -0.1) is 0 Å². The lowest BCUT2D eigenvalue weighted by Crippen LogP contribution is -2.33. The van der Waals surface area contributed by atoms with Crippen molar-refractivity contribution in [3.8, 4) is 0 Å². The van der Waals surface area contributed by atoms with E-state index in [0.717, 1.165) is 25.2 Å². The molecule has 1 aromatic rings. The number of hydrogen-bond acceptors (Lipinski definition) is 2. The van der Waals surface area contributed by atoms with Crippen LogP contribution in [0.5, 0.6) is 0 Å². The molecule has 0 aliphatic heterocycles. The van der Waals surface area contributed by atoms with Crippen LogP contribution in [-0.4, -0.2) is 23.0 Å². The molecule has 0 amide bonds. The molecule has 0 heterocycles. The fourth-order valence-electron chi connectivity index (χ4n) is 1.68. The minimum atomic E-state index is -0.194. The minimum absolute atomic E-state index is 0.179. The maximum absolute atomic E-state index is 13.1. The number of benzene rings is 1. The molecule has 1 aromatic carbocycles. The molecular formula is C13H19FN2S. The zero-order chi connectivity index (χ0) is 12.8. The average Bonchev–Trinajstić information content (AvgIpc) is 2.27. The first-order valence-corrected chi connectivity index (χ1v) is 6.20. The van der Waals surface area contributed by atoms with Gasteiger partial charge in [0, 0.05) is 19.0 Å². The van der Waals surface area contributed by atoms with Gasteiger partial charge in [-0.05, 0) is 24.2 Å². The van der Waals surface area contributed by atoms with Gasteiger partial charge in [-0.2, -0.15) is 0 Å². The first-order chi connectivity index (χ1) is 8.02. The van der Waals surface area contributed by atoms with Crippen molar-refractivity contribution in [1.29, 1.82) is 0 Å². The second-order valence-corrected chi connectivity index (χ2v) is 4.73. The average molecular weight is 254 g/mol. The molecule has 0 bridgehead atoms. The molecule has 0 aliphatic carbocycles. The molecule has 1 atom stereocenters. The van der Waals surface area contributed by atoms with Crippen LogP contribution in [0.1, 0.15) is 19.4 Å². The summed E-state index contributed by atoms with van der Waals surface area (Å²) in [5.41, 5.74) is 6.58. The number of rotatable bonds is 6. The van der Waals surface area contributed by atoms with Gasteiger partial charge in [0.1, 0.15) is 5.82 Å². The Morgan fingerprint density at radius 3 is 2.76 bits per heavy atom. The van der Waals surface area contributed by atoms with Gasteiger partial charge in [-0.3, -0.25) is 4.90 Å². The molecule has 2 nitrogen and oxygen atoms in total. The Kier molecular flexibility index (Phi) is 5.51. The Bertz CT molecular complexity index is 381. The molecule has 1 unspecified atom stereocenters. The summed E-state index contributed by atoms with van der Waals surface area (Å²) in [5, 5.41) is 0. The molecule has 0 aromatic heterocycles. The van der Waals surface area contributed by atoms with E-state index >= 15 is 0 Å². The Balaban J connectivity index is 2.61. The lowest BCUT2D eigenvalue weighted by atomic mass is 10.1. The summed E-state index contributed by atoms with van der Waals surface area (Å²) in [6.07, 6.45) is 0. The number of thiocarbonyl (C=S) groups is 1. The molecule has 0 saturated carbocycles. The van der Waals surface area contributed by atoms with Gasteiger partial charge in [-0.25, -0.2) is 4.39 Å². The van der Waals surface area contributed by atoms with Crippen LogP contribution in [0, 0.1) is 11.7 Å². The van der Waals surface area contributed by atoms with E-state index in [2.05, 4.69) is 11.8 Å². The molecule has 0 aliphatic rings. The molecule has 94 valence electrons. The van der Waals surface area contributed by atoms with Crippen molar-refractivity contribution in [2.75, 3.05) is 13.1 Å². The van der Waals surface area contributed by atoms with Crippen LogP contribution in [-0.2, 0) is 6.54 Å². The predicted octanol–water partition coefficient (Wildman–Crippen LogP) is 2.57. The molecule has 0 radical (unpaired) electrons.